The summed E-state index contributed by atoms with van der Waals surface area (Å²) in [6.45, 7) is 3.46. The van der Waals surface area contributed by atoms with Crippen molar-refractivity contribution in [2.45, 2.75) is 19.9 Å². The van der Waals surface area contributed by atoms with E-state index in [-0.39, 0.29) is 5.82 Å². The molecule has 0 saturated carbocycles. The van der Waals surface area contributed by atoms with Crippen LogP contribution in [0.1, 0.15) is 18.9 Å². The Bertz CT molecular complexity index is 510. The topological polar surface area (TPSA) is 21.3 Å². The van der Waals surface area contributed by atoms with Gasteiger partial charge in [0.15, 0.2) is 0 Å². The van der Waals surface area contributed by atoms with Gasteiger partial charge in [0, 0.05) is 17.8 Å². The third kappa shape index (κ3) is 3.98. The number of hydrogen-bond acceptors (Lipinski definition) is 2. The second kappa shape index (κ2) is 6.78. The van der Waals surface area contributed by atoms with Crippen LogP contribution in [0.2, 0.25) is 0 Å². The quantitative estimate of drug-likeness (QED) is 0.838. The summed E-state index contributed by atoms with van der Waals surface area (Å²) in [4.78, 5) is 0. The molecular formula is C16H18FNO. The molecule has 0 bridgehead atoms. The minimum atomic E-state index is -0.225. The molecule has 1 N–H and O–H groups in total. The first-order valence-electron chi connectivity index (χ1n) is 6.49. The van der Waals surface area contributed by atoms with Gasteiger partial charge in [-0.25, -0.2) is 4.39 Å². The van der Waals surface area contributed by atoms with Crippen molar-refractivity contribution in [3.8, 4) is 5.75 Å². The smallest absolute Gasteiger partial charge is 0.124 e. The molecule has 0 aromatic heterocycles. The Kier molecular flexibility index (Phi) is 4.78. The summed E-state index contributed by atoms with van der Waals surface area (Å²) < 4.78 is 18.5. The van der Waals surface area contributed by atoms with E-state index in [0.717, 1.165) is 23.4 Å². The second-order valence-electron chi connectivity index (χ2n) is 4.32. The van der Waals surface area contributed by atoms with Crippen molar-refractivity contribution >= 4 is 5.69 Å². The van der Waals surface area contributed by atoms with E-state index in [1.54, 1.807) is 12.1 Å². The van der Waals surface area contributed by atoms with Gasteiger partial charge in [-0.15, -0.1) is 0 Å². The van der Waals surface area contributed by atoms with Crippen LogP contribution in [0.5, 0.6) is 5.75 Å². The Morgan fingerprint density at radius 1 is 1.05 bits per heavy atom. The van der Waals surface area contributed by atoms with Gasteiger partial charge >= 0.3 is 0 Å². The lowest BCUT2D eigenvalue weighted by Gasteiger charge is -2.12. The molecule has 2 aromatic rings. The van der Waals surface area contributed by atoms with Crippen LogP contribution in [-0.4, -0.2) is 6.61 Å². The van der Waals surface area contributed by atoms with E-state index in [1.165, 1.54) is 12.1 Å². The average Bonchev–Trinajstić information content (AvgIpc) is 2.45. The van der Waals surface area contributed by atoms with Crippen molar-refractivity contribution < 1.29 is 9.13 Å². The molecule has 2 aromatic carbocycles. The highest BCUT2D eigenvalue weighted by Crippen LogP contribution is 2.20. The Hall–Kier alpha value is -2.03. The molecule has 0 fully saturated rings. The van der Waals surface area contributed by atoms with Crippen LogP contribution in [-0.2, 0) is 6.54 Å². The van der Waals surface area contributed by atoms with E-state index in [9.17, 15) is 4.39 Å². The number of hydrogen-bond donors (Lipinski definition) is 1. The maximum absolute atomic E-state index is 12.8. The van der Waals surface area contributed by atoms with Crippen molar-refractivity contribution in [1.29, 1.82) is 0 Å². The molecular weight excluding hydrogens is 241 g/mol. The van der Waals surface area contributed by atoms with Crippen LogP contribution in [0.25, 0.3) is 0 Å². The fourth-order valence-electron chi connectivity index (χ4n) is 1.77. The number of halogens is 1. The largest absolute Gasteiger partial charge is 0.493 e. The fraction of sp³-hybridized carbons (Fsp3) is 0.250. The molecule has 0 atom stereocenters. The van der Waals surface area contributed by atoms with Gasteiger partial charge in [0.05, 0.1) is 6.61 Å². The van der Waals surface area contributed by atoms with Crippen LogP contribution in [0, 0.1) is 5.82 Å². The molecule has 2 nitrogen and oxygen atoms in total. The molecule has 0 aliphatic carbocycles. The van der Waals surface area contributed by atoms with Gasteiger partial charge in [-0.3, -0.25) is 0 Å². The van der Waals surface area contributed by atoms with E-state index in [4.69, 9.17) is 4.74 Å². The molecule has 0 spiro atoms. The molecule has 100 valence electrons. The SMILES string of the molecule is CCCOc1ccccc1CNc1ccc(F)cc1. The molecule has 2 rings (SSSR count). The average molecular weight is 259 g/mol. The van der Waals surface area contributed by atoms with E-state index in [0.29, 0.717) is 13.2 Å². The van der Waals surface area contributed by atoms with Crippen LogP contribution >= 0.6 is 0 Å². The van der Waals surface area contributed by atoms with E-state index in [2.05, 4.69) is 12.2 Å². The van der Waals surface area contributed by atoms with Gasteiger partial charge < -0.3 is 10.1 Å². The Balaban J connectivity index is 2.00. The molecule has 0 amide bonds. The lowest BCUT2D eigenvalue weighted by molar-refractivity contribution is 0.314. The van der Waals surface area contributed by atoms with Crippen LogP contribution < -0.4 is 10.1 Å². The predicted octanol–water partition coefficient (Wildman–Crippen LogP) is 4.23. The van der Waals surface area contributed by atoms with Crippen molar-refractivity contribution in [2.24, 2.45) is 0 Å². The number of benzene rings is 2. The van der Waals surface area contributed by atoms with Crippen molar-refractivity contribution in [3.05, 3.63) is 59.9 Å². The number of rotatable bonds is 6. The zero-order chi connectivity index (χ0) is 13.5. The molecule has 0 saturated heterocycles. The van der Waals surface area contributed by atoms with Gasteiger partial charge in [0.25, 0.3) is 0 Å². The molecule has 0 aliphatic rings. The maximum atomic E-state index is 12.8. The fourth-order valence-corrected chi connectivity index (χ4v) is 1.77. The van der Waals surface area contributed by atoms with Gasteiger partial charge in [-0.1, -0.05) is 25.1 Å². The number of ether oxygens (including phenoxy) is 1. The monoisotopic (exact) mass is 259 g/mol. The molecule has 19 heavy (non-hydrogen) atoms. The van der Waals surface area contributed by atoms with E-state index >= 15 is 0 Å². The summed E-state index contributed by atoms with van der Waals surface area (Å²) in [5.74, 6) is 0.677. The Morgan fingerprint density at radius 2 is 1.79 bits per heavy atom. The zero-order valence-electron chi connectivity index (χ0n) is 11.0. The predicted molar refractivity (Wildman–Crippen MR) is 76.0 cm³/mol. The first-order chi connectivity index (χ1) is 9.29. The summed E-state index contributed by atoms with van der Waals surface area (Å²) in [5.41, 5.74) is 1.99. The minimum absolute atomic E-state index is 0.225. The third-order valence-electron chi connectivity index (χ3n) is 2.76. The molecule has 0 unspecified atom stereocenters. The van der Waals surface area contributed by atoms with Gasteiger partial charge in [0.2, 0.25) is 0 Å². The third-order valence-corrected chi connectivity index (χ3v) is 2.76. The van der Waals surface area contributed by atoms with Crippen LogP contribution in [0.3, 0.4) is 0 Å². The first kappa shape index (κ1) is 13.4. The Morgan fingerprint density at radius 3 is 2.53 bits per heavy atom. The standard InChI is InChI=1S/C16H18FNO/c1-2-11-19-16-6-4-3-5-13(16)12-18-15-9-7-14(17)8-10-15/h3-10,18H,2,11-12H2,1H3. The summed E-state index contributed by atoms with van der Waals surface area (Å²) >= 11 is 0. The lowest BCUT2D eigenvalue weighted by atomic mass is 10.2. The van der Waals surface area contributed by atoms with Crippen molar-refractivity contribution in [2.75, 3.05) is 11.9 Å². The number of anilines is 1. The van der Waals surface area contributed by atoms with Crippen LogP contribution in [0.4, 0.5) is 10.1 Å². The highest BCUT2D eigenvalue weighted by molar-refractivity contribution is 5.45. The number of nitrogens with one attached hydrogen (secondary N) is 1. The van der Waals surface area contributed by atoms with Crippen LogP contribution in [0.15, 0.2) is 48.5 Å². The first-order valence-corrected chi connectivity index (χ1v) is 6.49. The zero-order valence-corrected chi connectivity index (χ0v) is 11.0. The van der Waals surface area contributed by atoms with Gasteiger partial charge in [-0.2, -0.15) is 0 Å². The number of para-hydroxylation sites is 1. The molecule has 3 heteroatoms. The van der Waals surface area contributed by atoms with Crippen molar-refractivity contribution in [3.63, 3.8) is 0 Å². The normalized spacial score (nSPS) is 10.2. The highest BCUT2D eigenvalue weighted by atomic mass is 19.1. The summed E-state index contributed by atoms with van der Waals surface area (Å²) in [6.07, 6.45) is 0.986. The summed E-state index contributed by atoms with van der Waals surface area (Å²) in [6, 6.07) is 14.3. The molecule has 0 heterocycles. The summed E-state index contributed by atoms with van der Waals surface area (Å²) in [7, 11) is 0. The maximum Gasteiger partial charge on any atom is 0.124 e. The highest BCUT2D eigenvalue weighted by Gasteiger charge is 2.02. The molecule has 0 radical (unpaired) electrons. The van der Waals surface area contributed by atoms with E-state index in [1.807, 2.05) is 24.3 Å². The molecule has 0 aliphatic heterocycles. The Labute approximate surface area is 113 Å². The van der Waals surface area contributed by atoms with Crippen molar-refractivity contribution in [1.82, 2.24) is 0 Å². The van der Waals surface area contributed by atoms with Gasteiger partial charge in [-0.05, 0) is 36.8 Å². The van der Waals surface area contributed by atoms with E-state index < -0.39 is 0 Å². The van der Waals surface area contributed by atoms with Gasteiger partial charge in [0.1, 0.15) is 11.6 Å². The minimum Gasteiger partial charge on any atom is -0.493 e. The second-order valence-corrected chi connectivity index (χ2v) is 4.32. The lowest BCUT2D eigenvalue weighted by Crippen LogP contribution is -2.03. The summed E-state index contributed by atoms with van der Waals surface area (Å²) in [5, 5.41) is 3.26.